The molecule has 3 aromatic rings. The highest BCUT2D eigenvalue weighted by Gasteiger charge is 2.26. The number of benzene rings is 1. The van der Waals surface area contributed by atoms with Gasteiger partial charge in [-0.25, -0.2) is 4.39 Å². The Labute approximate surface area is 163 Å². The molecule has 0 saturated carbocycles. The molecule has 0 radical (unpaired) electrons. The van der Waals surface area contributed by atoms with Gasteiger partial charge >= 0.3 is 0 Å². The van der Waals surface area contributed by atoms with E-state index in [9.17, 15) is 4.39 Å². The summed E-state index contributed by atoms with van der Waals surface area (Å²) in [4.78, 5) is 7.04. The number of rotatable bonds is 7. The van der Waals surface area contributed by atoms with Gasteiger partial charge in [-0.05, 0) is 56.1 Å². The molecule has 7 nitrogen and oxygen atoms in total. The first kappa shape index (κ1) is 19.0. The highest BCUT2D eigenvalue weighted by atomic mass is 19.1. The highest BCUT2D eigenvalue weighted by molar-refractivity contribution is 5.83. The van der Waals surface area contributed by atoms with Gasteiger partial charge in [0.1, 0.15) is 5.82 Å². The van der Waals surface area contributed by atoms with Crippen molar-refractivity contribution in [1.29, 1.82) is 0 Å². The third-order valence-electron chi connectivity index (χ3n) is 5.44. The second-order valence-electron chi connectivity index (χ2n) is 7.24. The van der Waals surface area contributed by atoms with Gasteiger partial charge in [0.25, 0.3) is 5.95 Å². The van der Waals surface area contributed by atoms with Crippen LogP contribution in [0.1, 0.15) is 43.7 Å². The van der Waals surface area contributed by atoms with Gasteiger partial charge in [0.05, 0.1) is 16.6 Å². The fourth-order valence-corrected chi connectivity index (χ4v) is 3.91. The number of piperidine rings is 1. The van der Waals surface area contributed by atoms with Crippen molar-refractivity contribution in [2.45, 2.75) is 38.5 Å². The van der Waals surface area contributed by atoms with E-state index >= 15 is 0 Å². The number of likely N-dealkylation sites (tertiary alicyclic amines) is 1. The van der Waals surface area contributed by atoms with Crippen LogP contribution in [0.2, 0.25) is 0 Å². The van der Waals surface area contributed by atoms with Crippen LogP contribution >= 0.6 is 0 Å². The molecule has 1 aliphatic rings. The molecule has 0 unspecified atom stereocenters. The second kappa shape index (κ2) is 8.36. The van der Waals surface area contributed by atoms with Crippen LogP contribution in [0.3, 0.4) is 0 Å². The van der Waals surface area contributed by atoms with E-state index in [-0.39, 0.29) is 11.7 Å². The number of ether oxygens (including phenoxy) is 1. The Morgan fingerprint density at radius 3 is 2.86 bits per heavy atom. The molecule has 3 heterocycles. The van der Waals surface area contributed by atoms with Crippen molar-refractivity contribution in [2.75, 3.05) is 33.4 Å². The monoisotopic (exact) mass is 387 g/mol. The van der Waals surface area contributed by atoms with E-state index in [1.807, 2.05) is 13.0 Å². The quantitative estimate of drug-likeness (QED) is 0.579. The van der Waals surface area contributed by atoms with E-state index in [0.29, 0.717) is 34.9 Å². The normalized spacial score (nSPS) is 16.2. The maximum atomic E-state index is 14.3. The van der Waals surface area contributed by atoms with Crippen LogP contribution in [0, 0.1) is 5.82 Å². The smallest absolute Gasteiger partial charge is 0.291 e. The van der Waals surface area contributed by atoms with Crippen molar-refractivity contribution in [3.05, 3.63) is 35.6 Å². The molecule has 8 heteroatoms. The molecule has 150 valence electrons. The van der Waals surface area contributed by atoms with Crippen LogP contribution in [0.4, 0.5) is 4.39 Å². The topological polar surface area (TPSA) is 69.2 Å². The third kappa shape index (κ3) is 3.66. The van der Waals surface area contributed by atoms with Gasteiger partial charge in [-0.1, -0.05) is 13.0 Å². The summed E-state index contributed by atoms with van der Waals surface area (Å²) in [7, 11) is 1.74. The predicted molar refractivity (Wildman–Crippen MR) is 103 cm³/mol. The van der Waals surface area contributed by atoms with Crippen LogP contribution in [-0.4, -0.2) is 58.2 Å². The number of aryl methyl sites for hydroxylation is 1. The molecular weight excluding hydrogens is 361 g/mol. The zero-order valence-corrected chi connectivity index (χ0v) is 16.4. The van der Waals surface area contributed by atoms with Crippen LogP contribution in [0.15, 0.2) is 22.7 Å². The molecule has 0 N–H and O–H groups in total. The van der Waals surface area contributed by atoms with Gasteiger partial charge < -0.3 is 14.2 Å². The maximum absolute atomic E-state index is 14.3. The number of methoxy groups -OCH3 is 1. The van der Waals surface area contributed by atoms with E-state index in [2.05, 4.69) is 20.1 Å². The first-order chi connectivity index (χ1) is 13.7. The van der Waals surface area contributed by atoms with Crippen LogP contribution < -0.4 is 0 Å². The molecule has 1 saturated heterocycles. The summed E-state index contributed by atoms with van der Waals surface area (Å²) in [6, 6.07) is 4.96. The molecule has 0 amide bonds. The van der Waals surface area contributed by atoms with Crippen LogP contribution in [0.5, 0.6) is 0 Å². The number of aromatic nitrogens is 4. The largest absolute Gasteiger partial charge is 0.385 e. The molecule has 0 atom stereocenters. The fraction of sp³-hybridized carbons (Fsp3) is 0.550. The van der Waals surface area contributed by atoms with Crippen LogP contribution in [-0.2, 0) is 11.2 Å². The Morgan fingerprint density at radius 2 is 2.11 bits per heavy atom. The summed E-state index contributed by atoms with van der Waals surface area (Å²) in [5.41, 5.74) is 1.36. The molecule has 0 spiro atoms. The van der Waals surface area contributed by atoms with Crippen molar-refractivity contribution < 1.29 is 13.7 Å². The van der Waals surface area contributed by atoms with Crippen molar-refractivity contribution in [2.24, 2.45) is 0 Å². The van der Waals surface area contributed by atoms with Crippen molar-refractivity contribution in [1.82, 2.24) is 24.8 Å². The van der Waals surface area contributed by atoms with E-state index in [4.69, 9.17) is 9.26 Å². The summed E-state index contributed by atoms with van der Waals surface area (Å²) >= 11 is 0. The summed E-state index contributed by atoms with van der Waals surface area (Å²) < 4.78 is 26.5. The van der Waals surface area contributed by atoms with Gasteiger partial charge in [0.15, 0.2) is 0 Å². The summed E-state index contributed by atoms with van der Waals surface area (Å²) in [6.45, 7) is 5.84. The fourth-order valence-electron chi connectivity index (χ4n) is 3.91. The number of fused-ring (bicyclic) bond motifs is 1. The molecular formula is C20H26FN5O2. The molecule has 1 fully saturated rings. The Kier molecular flexibility index (Phi) is 5.68. The summed E-state index contributed by atoms with van der Waals surface area (Å²) in [5.74, 6) is 0.992. The van der Waals surface area contributed by atoms with Gasteiger partial charge in [-0.2, -0.15) is 14.8 Å². The van der Waals surface area contributed by atoms with Gasteiger partial charge in [0.2, 0.25) is 5.89 Å². The Morgan fingerprint density at radius 1 is 1.29 bits per heavy atom. The lowest BCUT2D eigenvalue weighted by atomic mass is 9.97. The van der Waals surface area contributed by atoms with E-state index in [1.165, 1.54) is 6.07 Å². The first-order valence-corrected chi connectivity index (χ1v) is 9.92. The molecule has 0 bridgehead atoms. The Bertz CT molecular complexity index is 930. The molecule has 2 aromatic heterocycles. The van der Waals surface area contributed by atoms with Crippen molar-refractivity contribution in [3.8, 4) is 5.95 Å². The lowest BCUT2D eigenvalue weighted by molar-refractivity contribution is 0.152. The zero-order valence-electron chi connectivity index (χ0n) is 16.4. The maximum Gasteiger partial charge on any atom is 0.291 e. The minimum absolute atomic E-state index is 0.254. The average Bonchev–Trinajstić information content (AvgIpc) is 3.34. The third-order valence-corrected chi connectivity index (χ3v) is 5.44. The Balaban J connectivity index is 1.50. The van der Waals surface area contributed by atoms with Crippen molar-refractivity contribution in [3.63, 3.8) is 0 Å². The van der Waals surface area contributed by atoms with E-state index in [0.717, 1.165) is 45.5 Å². The lowest BCUT2D eigenvalue weighted by Gasteiger charge is -2.30. The first-order valence-electron chi connectivity index (χ1n) is 9.92. The van der Waals surface area contributed by atoms with Crippen molar-refractivity contribution >= 4 is 10.9 Å². The minimum atomic E-state index is -0.273. The van der Waals surface area contributed by atoms with E-state index < -0.39 is 0 Å². The lowest BCUT2D eigenvalue weighted by Crippen LogP contribution is -2.34. The molecule has 0 aliphatic carbocycles. The minimum Gasteiger partial charge on any atom is -0.385 e. The summed E-state index contributed by atoms with van der Waals surface area (Å²) in [6.07, 6.45) is 3.66. The van der Waals surface area contributed by atoms with Gasteiger partial charge in [-0.3, -0.25) is 0 Å². The van der Waals surface area contributed by atoms with Crippen LogP contribution in [0.25, 0.3) is 16.9 Å². The molecule has 28 heavy (non-hydrogen) atoms. The van der Waals surface area contributed by atoms with E-state index in [1.54, 1.807) is 17.9 Å². The number of halogens is 1. The standard InChI is InChI=1S/C20H26FN5O2/c1-3-16-18-15(21)6-4-7-17(18)26(23-16)20-22-19(28-24-20)14-8-11-25(12-9-14)10-5-13-27-2/h4,6-7,14H,3,5,8-13H2,1-2H3. The average molecular weight is 387 g/mol. The van der Waals surface area contributed by atoms with Gasteiger partial charge in [-0.15, -0.1) is 0 Å². The number of hydrogen-bond donors (Lipinski definition) is 0. The summed E-state index contributed by atoms with van der Waals surface area (Å²) in [5, 5.41) is 9.18. The SMILES string of the molecule is CCc1nn(-c2noc(C3CCN(CCCOC)CC3)n2)c2cccc(F)c12. The zero-order chi connectivity index (χ0) is 19.5. The molecule has 1 aromatic carbocycles. The molecule has 4 rings (SSSR count). The second-order valence-corrected chi connectivity index (χ2v) is 7.24. The van der Waals surface area contributed by atoms with Gasteiger partial charge in [0, 0.05) is 26.2 Å². The Hall–Kier alpha value is -2.32. The number of hydrogen-bond acceptors (Lipinski definition) is 6. The molecule has 1 aliphatic heterocycles. The highest BCUT2D eigenvalue weighted by Crippen LogP contribution is 2.29. The predicted octanol–water partition coefficient (Wildman–Crippen LogP) is 3.33. The number of nitrogens with zero attached hydrogens (tertiary/aromatic N) is 5.